The smallest absolute Gasteiger partial charge is 0.247 e. The number of fused-ring (bicyclic) bond motifs is 1. The first-order valence-corrected chi connectivity index (χ1v) is 12.8. The third-order valence-corrected chi connectivity index (χ3v) is 8.05. The van der Waals surface area contributed by atoms with Gasteiger partial charge in [0.2, 0.25) is 15.9 Å². The van der Waals surface area contributed by atoms with Crippen LogP contribution in [0.2, 0.25) is 0 Å². The van der Waals surface area contributed by atoms with Gasteiger partial charge in [0.25, 0.3) is 0 Å². The minimum absolute atomic E-state index is 0.0590. The Hall–Kier alpha value is -2.75. The van der Waals surface area contributed by atoms with Crippen molar-refractivity contribution >= 4 is 22.0 Å². The lowest BCUT2D eigenvalue weighted by Crippen LogP contribution is -2.50. The van der Waals surface area contributed by atoms with Crippen LogP contribution < -0.4 is 4.74 Å². The average Bonchev–Trinajstić information content (AvgIpc) is 2.81. The van der Waals surface area contributed by atoms with Crippen molar-refractivity contribution in [3.63, 3.8) is 0 Å². The molecule has 1 N–H and O–H groups in total. The van der Waals surface area contributed by atoms with Gasteiger partial charge in [0.05, 0.1) is 19.6 Å². The van der Waals surface area contributed by atoms with Crippen molar-refractivity contribution in [3.8, 4) is 5.75 Å². The summed E-state index contributed by atoms with van der Waals surface area (Å²) in [7, 11) is -2.17. The van der Waals surface area contributed by atoms with Crippen molar-refractivity contribution in [2.24, 2.45) is 5.92 Å². The lowest BCUT2D eigenvalue weighted by molar-refractivity contribution is -0.130. The number of benzene rings is 1. The van der Waals surface area contributed by atoms with Crippen molar-refractivity contribution < 1.29 is 23.1 Å². The summed E-state index contributed by atoms with van der Waals surface area (Å²) in [6.07, 6.45) is 6.83. The molecule has 184 valence electrons. The fraction of sp³-hybridized carbons (Fsp3) is 0.440. The maximum Gasteiger partial charge on any atom is 0.247 e. The molecule has 1 amide bonds. The molecule has 1 aromatic heterocycles. The van der Waals surface area contributed by atoms with Crippen LogP contribution in [0, 0.1) is 5.92 Å². The second kappa shape index (κ2) is 11.1. The van der Waals surface area contributed by atoms with E-state index in [0.29, 0.717) is 6.54 Å². The van der Waals surface area contributed by atoms with Crippen LogP contribution in [0.5, 0.6) is 5.75 Å². The molecule has 0 spiro atoms. The van der Waals surface area contributed by atoms with Gasteiger partial charge in [0.15, 0.2) is 0 Å². The number of aliphatic hydroxyl groups excluding tert-OH is 1. The standard InChI is InChI=1S/C25H33N3O5S/c1-5-6-20-7-8-24-22(13-20)33-23(18(2)15-28(19(3)17-29)34(24,31)32)16-27(4)25(30)14-21-9-11-26-12-10-21/h5-13,18-19,23,29H,14-17H2,1-4H3/b6-5+/t18-,19-,23-/m1/s1. The van der Waals surface area contributed by atoms with Crippen molar-refractivity contribution in [2.45, 2.75) is 44.2 Å². The molecule has 2 heterocycles. The van der Waals surface area contributed by atoms with E-state index >= 15 is 0 Å². The van der Waals surface area contributed by atoms with Crippen LogP contribution in [0.4, 0.5) is 0 Å². The van der Waals surface area contributed by atoms with Crippen molar-refractivity contribution in [3.05, 3.63) is 59.9 Å². The molecule has 1 aliphatic heterocycles. The summed E-state index contributed by atoms with van der Waals surface area (Å²) in [5, 5.41) is 9.75. The first-order chi connectivity index (χ1) is 16.2. The molecule has 1 aliphatic rings. The fourth-order valence-electron chi connectivity index (χ4n) is 3.94. The van der Waals surface area contributed by atoms with Gasteiger partial charge < -0.3 is 14.7 Å². The van der Waals surface area contributed by atoms with Crippen LogP contribution in [0.25, 0.3) is 6.08 Å². The second-order valence-corrected chi connectivity index (χ2v) is 10.6. The predicted molar refractivity (Wildman–Crippen MR) is 131 cm³/mol. The number of carbonyl (C=O) groups is 1. The number of nitrogens with zero attached hydrogens (tertiary/aromatic N) is 3. The first kappa shape index (κ1) is 25.9. The van der Waals surface area contributed by atoms with Gasteiger partial charge in [-0.05, 0) is 49.2 Å². The number of hydrogen-bond donors (Lipinski definition) is 1. The number of allylic oxidation sites excluding steroid dienone is 1. The van der Waals surface area contributed by atoms with Gasteiger partial charge in [0, 0.05) is 37.9 Å². The predicted octanol–water partition coefficient (Wildman–Crippen LogP) is 2.58. The molecule has 0 fully saturated rings. The number of carbonyl (C=O) groups excluding carboxylic acids is 1. The second-order valence-electron chi connectivity index (χ2n) is 8.75. The topological polar surface area (TPSA) is 100 Å². The van der Waals surface area contributed by atoms with E-state index in [1.807, 2.05) is 26.0 Å². The third-order valence-electron chi connectivity index (χ3n) is 6.03. The quantitative estimate of drug-likeness (QED) is 0.644. The maximum atomic E-state index is 13.5. The van der Waals surface area contributed by atoms with Crippen LogP contribution in [0.3, 0.4) is 0 Å². The molecule has 3 atom stereocenters. The third kappa shape index (κ3) is 5.84. The fourth-order valence-corrected chi connectivity index (χ4v) is 5.76. The Morgan fingerprint density at radius 3 is 2.68 bits per heavy atom. The van der Waals surface area contributed by atoms with Gasteiger partial charge in [0.1, 0.15) is 16.7 Å². The Morgan fingerprint density at radius 1 is 1.32 bits per heavy atom. The lowest BCUT2D eigenvalue weighted by Gasteiger charge is -2.37. The highest BCUT2D eigenvalue weighted by Gasteiger charge is 2.38. The molecule has 0 aliphatic carbocycles. The van der Waals surface area contributed by atoms with Crippen LogP contribution in [0.1, 0.15) is 31.9 Å². The van der Waals surface area contributed by atoms with Gasteiger partial charge in [-0.3, -0.25) is 9.78 Å². The molecular weight excluding hydrogens is 454 g/mol. The number of hydrogen-bond acceptors (Lipinski definition) is 6. The monoisotopic (exact) mass is 487 g/mol. The van der Waals surface area contributed by atoms with Crippen molar-refractivity contribution in [1.29, 1.82) is 0 Å². The Morgan fingerprint density at radius 2 is 2.03 bits per heavy atom. The van der Waals surface area contributed by atoms with E-state index in [2.05, 4.69) is 4.98 Å². The molecule has 34 heavy (non-hydrogen) atoms. The van der Waals surface area contributed by atoms with Crippen LogP contribution in [-0.2, 0) is 21.2 Å². The molecule has 3 rings (SSSR count). The number of sulfonamides is 1. The minimum atomic E-state index is -3.89. The first-order valence-electron chi connectivity index (χ1n) is 11.4. The molecule has 0 bridgehead atoms. The summed E-state index contributed by atoms with van der Waals surface area (Å²) in [5.74, 6) is -0.0594. The molecule has 8 nitrogen and oxygen atoms in total. The van der Waals surface area contributed by atoms with Gasteiger partial charge >= 0.3 is 0 Å². The number of rotatable bonds is 7. The summed E-state index contributed by atoms with van der Waals surface area (Å²) in [5.41, 5.74) is 1.68. The minimum Gasteiger partial charge on any atom is -0.487 e. The summed E-state index contributed by atoms with van der Waals surface area (Å²) < 4.78 is 34.6. The van der Waals surface area contributed by atoms with Gasteiger partial charge in [-0.1, -0.05) is 25.1 Å². The molecular formula is C25H33N3O5S. The highest BCUT2D eigenvalue weighted by atomic mass is 32.2. The number of likely N-dealkylation sites (N-methyl/N-ethyl adjacent to an activating group) is 1. The van der Waals surface area contributed by atoms with Crippen molar-refractivity contribution in [1.82, 2.24) is 14.2 Å². The maximum absolute atomic E-state index is 13.5. The number of pyridine rings is 1. The molecule has 0 radical (unpaired) electrons. The highest BCUT2D eigenvalue weighted by molar-refractivity contribution is 7.89. The van der Waals surface area contributed by atoms with Gasteiger partial charge in [-0.25, -0.2) is 8.42 Å². The zero-order chi connectivity index (χ0) is 24.9. The molecule has 0 saturated carbocycles. The summed E-state index contributed by atoms with van der Waals surface area (Å²) >= 11 is 0. The summed E-state index contributed by atoms with van der Waals surface area (Å²) in [6.45, 7) is 5.62. The molecule has 0 saturated heterocycles. The van der Waals surface area contributed by atoms with Crippen molar-refractivity contribution in [2.75, 3.05) is 26.7 Å². The largest absolute Gasteiger partial charge is 0.487 e. The van der Waals surface area contributed by atoms with Gasteiger partial charge in [-0.15, -0.1) is 0 Å². The Labute approximate surface area is 201 Å². The Balaban J connectivity index is 1.94. The summed E-state index contributed by atoms with van der Waals surface area (Å²) in [4.78, 5) is 18.5. The van der Waals surface area contributed by atoms with E-state index in [1.165, 1.54) is 4.31 Å². The van der Waals surface area contributed by atoms with E-state index in [9.17, 15) is 18.3 Å². The molecule has 1 aromatic carbocycles. The SMILES string of the molecule is C/C=C/c1ccc2c(c1)O[C@H](CN(C)C(=O)Cc1ccncc1)[C@H](C)CN([C@H](C)CO)S2(=O)=O. The van der Waals surface area contributed by atoms with Gasteiger partial charge in [-0.2, -0.15) is 4.31 Å². The van der Waals surface area contributed by atoms with Crippen LogP contribution in [0.15, 0.2) is 53.7 Å². The van der Waals surface area contributed by atoms with Crippen LogP contribution >= 0.6 is 0 Å². The average molecular weight is 488 g/mol. The zero-order valence-electron chi connectivity index (χ0n) is 20.1. The summed E-state index contributed by atoms with van der Waals surface area (Å²) in [6, 6.07) is 7.99. The highest BCUT2D eigenvalue weighted by Crippen LogP contribution is 2.34. The normalized spacial score (nSPS) is 21.2. The number of aliphatic hydroxyl groups is 1. The molecule has 2 aromatic rings. The Bertz CT molecular complexity index is 1120. The van der Waals surface area contributed by atoms with E-state index in [-0.39, 0.29) is 42.0 Å². The molecule has 9 heteroatoms. The Kier molecular flexibility index (Phi) is 8.46. The van der Waals surface area contributed by atoms with E-state index < -0.39 is 22.2 Å². The number of amides is 1. The number of ether oxygens (including phenoxy) is 1. The van der Waals surface area contributed by atoms with E-state index in [0.717, 1.165) is 11.1 Å². The van der Waals surface area contributed by atoms with E-state index in [1.54, 1.807) is 61.6 Å². The number of aromatic nitrogens is 1. The lowest BCUT2D eigenvalue weighted by atomic mass is 10.0. The molecule has 0 unspecified atom stereocenters. The van der Waals surface area contributed by atoms with Crippen LogP contribution in [-0.4, -0.2) is 72.5 Å². The van der Waals surface area contributed by atoms with E-state index in [4.69, 9.17) is 4.74 Å². The zero-order valence-corrected chi connectivity index (χ0v) is 20.9.